The summed E-state index contributed by atoms with van der Waals surface area (Å²) in [4.78, 5) is 16.0. The van der Waals surface area contributed by atoms with E-state index in [-0.39, 0.29) is 17.7 Å². The van der Waals surface area contributed by atoms with Crippen molar-refractivity contribution < 1.29 is 14.3 Å². The molecule has 1 saturated carbocycles. The van der Waals surface area contributed by atoms with Gasteiger partial charge in [-0.3, -0.25) is 4.79 Å². The molecule has 0 atom stereocenters. The Balaban J connectivity index is 1.53. The van der Waals surface area contributed by atoms with Crippen molar-refractivity contribution in [2.45, 2.75) is 37.5 Å². The van der Waals surface area contributed by atoms with Gasteiger partial charge in [0.15, 0.2) is 5.79 Å². The summed E-state index contributed by atoms with van der Waals surface area (Å²) in [7, 11) is 1.85. The van der Waals surface area contributed by atoms with Crippen molar-refractivity contribution >= 4 is 5.91 Å². The molecule has 1 saturated heterocycles. The zero-order chi connectivity index (χ0) is 13.3. The second-order valence-electron chi connectivity index (χ2n) is 5.28. The Morgan fingerprint density at radius 2 is 2.11 bits per heavy atom. The topological polar surface area (TPSA) is 65.4 Å². The van der Waals surface area contributed by atoms with Gasteiger partial charge in [0.05, 0.1) is 19.5 Å². The number of rotatable bonds is 2. The lowest BCUT2D eigenvalue weighted by Crippen LogP contribution is -2.44. The van der Waals surface area contributed by atoms with E-state index in [4.69, 9.17) is 9.47 Å². The fourth-order valence-corrected chi connectivity index (χ4v) is 2.78. The summed E-state index contributed by atoms with van der Waals surface area (Å²) in [5.41, 5.74) is 0.469. The molecule has 1 N–H and O–H groups in total. The van der Waals surface area contributed by atoms with Crippen LogP contribution in [0.5, 0.6) is 0 Å². The predicted octanol–water partition coefficient (Wildman–Crippen LogP) is 0.836. The van der Waals surface area contributed by atoms with Gasteiger partial charge in [0.2, 0.25) is 0 Å². The molecule has 0 bridgehead atoms. The summed E-state index contributed by atoms with van der Waals surface area (Å²) >= 11 is 0. The number of aryl methyl sites for hydroxylation is 1. The smallest absolute Gasteiger partial charge is 0.271 e. The Labute approximate surface area is 112 Å². The van der Waals surface area contributed by atoms with Gasteiger partial charge in [-0.05, 0) is 12.8 Å². The molecule has 19 heavy (non-hydrogen) atoms. The summed E-state index contributed by atoms with van der Waals surface area (Å²) in [6.45, 7) is 1.37. The molecule has 2 heterocycles. The van der Waals surface area contributed by atoms with Crippen molar-refractivity contribution in [1.29, 1.82) is 0 Å². The van der Waals surface area contributed by atoms with Gasteiger partial charge >= 0.3 is 0 Å². The Morgan fingerprint density at radius 3 is 2.68 bits per heavy atom. The van der Waals surface area contributed by atoms with Crippen molar-refractivity contribution in [2.24, 2.45) is 7.05 Å². The molecule has 6 heteroatoms. The molecule has 1 aromatic rings. The van der Waals surface area contributed by atoms with E-state index in [1.165, 1.54) is 0 Å². The number of nitrogens with zero attached hydrogens (tertiary/aromatic N) is 2. The third-order valence-corrected chi connectivity index (χ3v) is 3.83. The van der Waals surface area contributed by atoms with Gasteiger partial charge in [0, 0.05) is 32.1 Å². The number of hydrogen-bond donors (Lipinski definition) is 1. The normalized spacial score (nSPS) is 22.8. The summed E-state index contributed by atoms with van der Waals surface area (Å²) in [6.07, 6.45) is 6.82. The first-order valence-electron chi connectivity index (χ1n) is 6.74. The number of carbonyl (C=O) groups excluding carboxylic acids is 1. The van der Waals surface area contributed by atoms with Crippen molar-refractivity contribution in [3.63, 3.8) is 0 Å². The number of hydrogen-bond acceptors (Lipinski definition) is 4. The molecule has 0 aromatic carbocycles. The number of ether oxygens (including phenoxy) is 2. The lowest BCUT2D eigenvalue weighted by Gasteiger charge is -2.35. The van der Waals surface area contributed by atoms with E-state index in [0.717, 1.165) is 25.7 Å². The van der Waals surface area contributed by atoms with E-state index in [9.17, 15) is 4.79 Å². The third-order valence-electron chi connectivity index (χ3n) is 3.83. The number of aromatic nitrogens is 2. The van der Waals surface area contributed by atoms with Crippen LogP contribution in [0, 0.1) is 0 Å². The molecule has 1 amide bonds. The first kappa shape index (κ1) is 12.6. The molecular weight excluding hydrogens is 246 g/mol. The van der Waals surface area contributed by atoms with Crippen LogP contribution in [0.4, 0.5) is 0 Å². The lowest BCUT2D eigenvalue weighted by molar-refractivity contribution is -0.179. The van der Waals surface area contributed by atoms with Gasteiger partial charge in [-0.15, -0.1) is 0 Å². The first-order valence-corrected chi connectivity index (χ1v) is 6.74. The van der Waals surface area contributed by atoms with Crippen LogP contribution >= 0.6 is 0 Å². The number of imidazole rings is 1. The van der Waals surface area contributed by atoms with Crippen LogP contribution in [0.1, 0.15) is 36.2 Å². The molecule has 1 aromatic heterocycles. The van der Waals surface area contributed by atoms with Crippen molar-refractivity contribution in [2.75, 3.05) is 13.2 Å². The Bertz CT molecular complexity index is 455. The average Bonchev–Trinajstić information content (AvgIpc) is 3.02. The molecule has 0 radical (unpaired) electrons. The van der Waals surface area contributed by atoms with Gasteiger partial charge in [0.25, 0.3) is 5.91 Å². The lowest BCUT2D eigenvalue weighted by atomic mass is 9.90. The van der Waals surface area contributed by atoms with Crippen molar-refractivity contribution in [3.8, 4) is 0 Å². The van der Waals surface area contributed by atoms with E-state index in [1.54, 1.807) is 17.1 Å². The molecular formula is C13H19N3O3. The van der Waals surface area contributed by atoms with Gasteiger partial charge in [0.1, 0.15) is 5.69 Å². The number of nitrogens with one attached hydrogen (secondary N) is 1. The highest BCUT2D eigenvalue weighted by molar-refractivity contribution is 5.92. The van der Waals surface area contributed by atoms with Gasteiger partial charge in [-0.25, -0.2) is 4.98 Å². The minimum atomic E-state index is -0.369. The Hall–Kier alpha value is -1.40. The molecule has 0 unspecified atom stereocenters. The molecule has 1 spiro atoms. The monoisotopic (exact) mass is 265 g/mol. The van der Waals surface area contributed by atoms with Crippen LogP contribution < -0.4 is 5.32 Å². The maximum Gasteiger partial charge on any atom is 0.271 e. The largest absolute Gasteiger partial charge is 0.348 e. The Kier molecular flexibility index (Phi) is 3.28. The van der Waals surface area contributed by atoms with Gasteiger partial charge in [-0.1, -0.05) is 0 Å². The van der Waals surface area contributed by atoms with E-state index < -0.39 is 0 Å². The van der Waals surface area contributed by atoms with Crippen molar-refractivity contribution in [3.05, 3.63) is 18.2 Å². The highest BCUT2D eigenvalue weighted by Crippen LogP contribution is 2.35. The van der Waals surface area contributed by atoms with Crippen LogP contribution in [-0.2, 0) is 16.5 Å². The maximum absolute atomic E-state index is 12.0. The minimum absolute atomic E-state index is 0.102. The molecule has 6 nitrogen and oxygen atoms in total. The summed E-state index contributed by atoms with van der Waals surface area (Å²) < 4.78 is 13.1. The third kappa shape index (κ3) is 2.64. The fraction of sp³-hybridized carbons (Fsp3) is 0.692. The zero-order valence-corrected chi connectivity index (χ0v) is 11.1. The Morgan fingerprint density at radius 1 is 1.42 bits per heavy atom. The summed E-state index contributed by atoms with van der Waals surface area (Å²) in [5, 5.41) is 3.03. The molecule has 3 rings (SSSR count). The quantitative estimate of drug-likeness (QED) is 0.860. The standard InChI is InChI=1S/C13H19N3O3/c1-16-8-11(14-9-16)12(17)15-10-2-4-13(5-3-10)18-6-7-19-13/h8-10H,2-7H2,1H3,(H,15,17). The average molecular weight is 265 g/mol. The molecule has 2 fully saturated rings. The van der Waals surface area contributed by atoms with Crippen LogP contribution in [0.3, 0.4) is 0 Å². The van der Waals surface area contributed by atoms with E-state index in [2.05, 4.69) is 10.3 Å². The molecule has 104 valence electrons. The van der Waals surface area contributed by atoms with Gasteiger partial charge in [-0.2, -0.15) is 0 Å². The van der Waals surface area contributed by atoms with E-state index in [0.29, 0.717) is 18.9 Å². The van der Waals surface area contributed by atoms with Crippen molar-refractivity contribution in [1.82, 2.24) is 14.9 Å². The SMILES string of the molecule is Cn1cnc(C(=O)NC2CCC3(CC2)OCCO3)c1. The first-order chi connectivity index (χ1) is 9.17. The van der Waals surface area contributed by atoms with Crippen LogP contribution in [0.15, 0.2) is 12.5 Å². The summed E-state index contributed by atoms with van der Waals surface area (Å²) in [6, 6.07) is 0.188. The minimum Gasteiger partial charge on any atom is -0.348 e. The molecule has 1 aliphatic carbocycles. The fourth-order valence-electron chi connectivity index (χ4n) is 2.78. The summed E-state index contributed by atoms with van der Waals surface area (Å²) in [5.74, 6) is -0.471. The second kappa shape index (κ2) is 4.94. The number of carbonyl (C=O) groups is 1. The molecule has 2 aliphatic rings. The maximum atomic E-state index is 12.0. The second-order valence-corrected chi connectivity index (χ2v) is 5.28. The highest BCUT2D eigenvalue weighted by atomic mass is 16.7. The zero-order valence-electron chi connectivity index (χ0n) is 11.1. The molecule has 1 aliphatic heterocycles. The number of amides is 1. The predicted molar refractivity (Wildman–Crippen MR) is 67.6 cm³/mol. The van der Waals surface area contributed by atoms with Crippen LogP contribution in [0.2, 0.25) is 0 Å². The van der Waals surface area contributed by atoms with E-state index in [1.807, 2.05) is 7.05 Å². The van der Waals surface area contributed by atoms with E-state index >= 15 is 0 Å². The van der Waals surface area contributed by atoms with Gasteiger partial charge < -0.3 is 19.4 Å². The van der Waals surface area contributed by atoms with Crippen LogP contribution in [0.25, 0.3) is 0 Å². The highest BCUT2D eigenvalue weighted by Gasteiger charge is 2.40. The van der Waals surface area contributed by atoms with Crippen LogP contribution in [-0.4, -0.2) is 40.5 Å².